The SMILES string of the molecule is CCOC(=O)NC(C(=O)NN(Cc1ccc(-c2cncs2)cc1)CC(O)C(Cc1ccccc1)NC(=O)C(NC(=O)OC)C(C)C)C(C)C. The first-order chi connectivity index (χ1) is 23.4. The number of carbonyl (C=O) groups is 4. The molecule has 0 saturated heterocycles. The Bertz CT molecular complexity index is 1470. The molecule has 0 bridgehead atoms. The molecule has 49 heavy (non-hydrogen) atoms. The molecule has 13 nitrogen and oxygen atoms in total. The van der Waals surface area contributed by atoms with Crippen LogP contribution in [-0.2, 0) is 32.0 Å². The normalized spacial score (nSPS) is 13.7. The van der Waals surface area contributed by atoms with Gasteiger partial charge in [0.15, 0.2) is 0 Å². The van der Waals surface area contributed by atoms with Gasteiger partial charge in [0.25, 0.3) is 5.91 Å². The van der Waals surface area contributed by atoms with Gasteiger partial charge in [0.2, 0.25) is 5.91 Å². The minimum Gasteiger partial charge on any atom is -0.453 e. The molecule has 14 heteroatoms. The molecule has 0 spiro atoms. The number of methoxy groups -OCH3 is 1. The maximum absolute atomic E-state index is 13.6. The quantitative estimate of drug-likeness (QED) is 0.131. The highest BCUT2D eigenvalue weighted by molar-refractivity contribution is 7.13. The largest absolute Gasteiger partial charge is 0.453 e. The van der Waals surface area contributed by atoms with Crippen molar-refractivity contribution in [3.05, 3.63) is 77.4 Å². The van der Waals surface area contributed by atoms with Crippen molar-refractivity contribution in [1.29, 1.82) is 0 Å². The second-order valence-corrected chi connectivity index (χ2v) is 13.1. The first kappa shape index (κ1) is 38.9. The summed E-state index contributed by atoms with van der Waals surface area (Å²) in [5, 5.41) is 21.4. The maximum Gasteiger partial charge on any atom is 0.407 e. The minimum absolute atomic E-state index is 0.0961. The topological polar surface area (TPSA) is 171 Å². The monoisotopic (exact) mass is 696 g/mol. The van der Waals surface area contributed by atoms with Crippen LogP contribution in [0.2, 0.25) is 0 Å². The Hall–Kier alpha value is -4.53. The molecule has 4 amide bonds. The number of benzene rings is 2. The van der Waals surface area contributed by atoms with Gasteiger partial charge in [-0.2, -0.15) is 0 Å². The van der Waals surface area contributed by atoms with Gasteiger partial charge in [0.1, 0.15) is 12.1 Å². The van der Waals surface area contributed by atoms with E-state index >= 15 is 0 Å². The lowest BCUT2D eigenvalue weighted by Gasteiger charge is -2.33. The average molecular weight is 697 g/mol. The van der Waals surface area contributed by atoms with E-state index < -0.39 is 48.2 Å². The van der Waals surface area contributed by atoms with Crippen molar-refractivity contribution >= 4 is 35.3 Å². The van der Waals surface area contributed by atoms with Crippen molar-refractivity contribution in [3.63, 3.8) is 0 Å². The predicted octanol–water partition coefficient (Wildman–Crippen LogP) is 3.88. The Balaban J connectivity index is 1.90. The number of amides is 4. The van der Waals surface area contributed by atoms with Gasteiger partial charge in [-0.15, -0.1) is 11.3 Å². The lowest BCUT2D eigenvalue weighted by atomic mass is 9.98. The molecular formula is C35H48N6O7S. The lowest BCUT2D eigenvalue weighted by molar-refractivity contribution is -0.131. The van der Waals surface area contributed by atoms with E-state index in [2.05, 4.69) is 26.4 Å². The summed E-state index contributed by atoms with van der Waals surface area (Å²) in [6.45, 7) is 9.09. The predicted molar refractivity (Wildman–Crippen MR) is 187 cm³/mol. The third kappa shape index (κ3) is 12.5. The average Bonchev–Trinajstić information content (AvgIpc) is 3.61. The first-order valence-corrected chi connectivity index (χ1v) is 17.1. The third-order valence-electron chi connectivity index (χ3n) is 7.72. The summed E-state index contributed by atoms with van der Waals surface area (Å²) >= 11 is 1.52. The maximum atomic E-state index is 13.6. The number of alkyl carbamates (subject to hydrolysis) is 2. The van der Waals surface area contributed by atoms with E-state index in [1.54, 1.807) is 51.3 Å². The van der Waals surface area contributed by atoms with Crippen LogP contribution in [0.4, 0.5) is 9.59 Å². The van der Waals surface area contributed by atoms with Crippen molar-refractivity contribution in [2.45, 2.75) is 71.8 Å². The summed E-state index contributed by atoms with van der Waals surface area (Å²) in [5.74, 6) is -1.55. The number of hydrazine groups is 1. The highest BCUT2D eigenvalue weighted by Crippen LogP contribution is 2.23. The van der Waals surface area contributed by atoms with E-state index in [1.807, 2.05) is 54.6 Å². The van der Waals surface area contributed by atoms with Gasteiger partial charge in [-0.1, -0.05) is 82.3 Å². The van der Waals surface area contributed by atoms with Crippen LogP contribution in [0.1, 0.15) is 45.7 Å². The van der Waals surface area contributed by atoms with Gasteiger partial charge >= 0.3 is 12.2 Å². The minimum atomic E-state index is -1.19. The number of carbonyl (C=O) groups excluding carboxylic acids is 4. The molecule has 266 valence electrons. The molecule has 0 aliphatic carbocycles. The molecule has 3 rings (SSSR count). The van der Waals surface area contributed by atoms with E-state index in [1.165, 1.54) is 18.4 Å². The Morgan fingerprint density at radius 2 is 1.49 bits per heavy atom. The summed E-state index contributed by atoms with van der Waals surface area (Å²) in [7, 11) is 1.22. The molecule has 4 atom stereocenters. The number of aromatic nitrogens is 1. The van der Waals surface area contributed by atoms with Crippen LogP contribution in [0.3, 0.4) is 0 Å². The number of nitrogens with one attached hydrogen (secondary N) is 4. The molecule has 0 aliphatic rings. The van der Waals surface area contributed by atoms with Gasteiger partial charge in [0.05, 0.1) is 36.3 Å². The molecule has 3 aromatic rings. The van der Waals surface area contributed by atoms with Gasteiger partial charge in [-0.3, -0.25) is 20.0 Å². The molecule has 0 saturated carbocycles. The summed E-state index contributed by atoms with van der Waals surface area (Å²) in [4.78, 5) is 56.6. The third-order valence-corrected chi connectivity index (χ3v) is 8.54. The van der Waals surface area contributed by atoms with Gasteiger partial charge < -0.3 is 30.5 Å². The summed E-state index contributed by atoms with van der Waals surface area (Å²) in [6.07, 6.45) is -0.604. The first-order valence-electron chi connectivity index (χ1n) is 16.2. The zero-order valence-electron chi connectivity index (χ0n) is 28.8. The molecule has 0 radical (unpaired) electrons. The van der Waals surface area contributed by atoms with Crippen LogP contribution in [0.5, 0.6) is 0 Å². The van der Waals surface area contributed by atoms with Gasteiger partial charge in [-0.05, 0) is 41.9 Å². The van der Waals surface area contributed by atoms with Crippen LogP contribution in [-0.4, -0.2) is 83.6 Å². The Morgan fingerprint density at radius 1 is 0.857 bits per heavy atom. The lowest BCUT2D eigenvalue weighted by Crippen LogP contribution is -2.59. The molecular weight excluding hydrogens is 648 g/mol. The molecule has 1 aromatic heterocycles. The second-order valence-electron chi connectivity index (χ2n) is 12.2. The fraction of sp³-hybridized carbons (Fsp3) is 0.457. The van der Waals surface area contributed by atoms with Crippen molar-refractivity contribution in [2.75, 3.05) is 20.3 Å². The van der Waals surface area contributed by atoms with Crippen LogP contribution < -0.4 is 21.4 Å². The van der Waals surface area contributed by atoms with E-state index in [-0.39, 0.29) is 38.0 Å². The number of thiazole rings is 1. The van der Waals surface area contributed by atoms with Crippen LogP contribution >= 0.6 is 11.3 Å². The number of nitrogens with zero attached hydrogens (tertiary/aromatic N) is 2. The Kier molecular flexibility index (Phi) is 15.5. The van der Waals surface area contributed by atoms with Crippen molar-refractivity contribution in [3.8, 4) is 10.4 Å². The fourth-order valence-electron chi connectivity index (χ4n) is 5.06. The van der Waals surface area contributed by atoms with E-state index in [4.69, 9.17) is 9.47 Å². The number of hydrogen-bond donors (Lipinski definition) is 5. The van der Waals surface area contributed by atoms with E-state index in [9.17, 15) is 24.3 Å². The van der Waals surface area contributed by atoms with Crippen LogP contribution in [0, 0.1) is 11.8 Å². The van der Waals surface area contributed by atoms with Crippen LogP contribution in [0.15, 0.2) is 66.3 Å². The molecule has 5 N–H and O–H groups in total. The number of rotatable bonds is 17. The molecule has 4 unspecified atom stereocenters. The van der Waals surface area contributed by atoms with E-state index in [0.717, 1.165) is 21.6 Å². The molecule has 0 aliphatic heterocycles. The number of aliphatic hydroxyl groups excluding tert-OH is 1. The molecule has 0 fully saturated rings. The highest BCUT2D eigenvalue weighted by atomic mass is 32.1. The smallest absolute Gasteiger partial charge is 0.407 e. The summed E-state index contributed by atoms with van der Waals surface area (Å²) in [6, 6.07) is 14.5. The zero-order valence-corrected chi connectivity index (χ0v) is 29.7. The number of ether oxygens (including phenoxy) is 2. The van der Waals surface area contributed by atoms with E-state index in [0.29, 0.717) is 0 Å². The standard InChI is InChI=1S/C35H48N6O7S/c1-7-48-35(46)39-31(23(4)5)33(44)40-41(19-25-13-15-26(16-14-25)29-18-36-21-49-29)20-28(42)27(17-24-11-9-8-10-12-24)37-32(43)30(22(2)3)38-34(45)47-6/h8-16,18,21-23,27-28,30-31,42H,7,17,19-20H2,1-6H3,(H,37,43)(H,38,45)(H,39,46)(H,40,44). The van der Waals surface area contributed by atoms with Crippen molar-refractivity contribution < 1.29 is 33.8 Å². The number of aliphatic hydroxyl groups is 1. The Morgan fingerprint density at radius 3 is 2.06 bits per heavy atom. The van der Waals surface area contributed by atoms with Crippen molar-refractivity contribution in [2.24, 2.45) is 11.8 Å². The molecule has 2 aromatic carbocycles. The molecule has 1 heterocycles. The Labute approximate surface area is 291 Å². The zero-order chi connectivity index (χ0) is 35.9. The van der Waals surface area contributed by atoms with Crippen LogP contribution in [0.25, 0.3) is 10.4 Å². The second kappa shape index (κ2) is 19.5. The van der Waals surface area contributed by atoms with Gasteiger partial charge in [0, 0.05) is 19.3 Å². The summed E-state index contributed by atoms with van der Waals surface area (Å²) in [5.41, 5.74) is 7.34. The highest BCUT2D eigenvalue weighted by Gasteiger charge is 2.32. The summed E-state index contributed by atoms with van der Waals surface area (Å²) < 4.78 is 9.72. The number of hydrogen-bond acceptors (Lipinski definition) is 10. The van der Waals surface area contributed by atoms with Crippen molar-refractivity contribution in [1.82, 2.24) is 31.4 Å². The van der Waals surface area contributed by atoms with Gasteiger partial charge in [-0.25, -0.2) is 14.6 Å². The fourth-order valence-corrected chi connectivity index (χ4v) is 5.69.